The van der Waals surface area contributed by atoms with E-state index >= 15 is 0 Å². The van der Waals surface area contributed by atoms with E-state index in [0.717, 1.165) is 44.0 Å². The predicted octanol–water partition coefficient (Wildman–Crippen LogP) is 14.0. The highest BCUT2D eigenvalue weighted by molar-refractivity contribution is 5.38. The second-order valence-corrected chi connectivity index (χ2v) is 13.1. The average molecular weight is 587 g/mol. The van der Waals surface area contributed by atoms with E-state index in [9.17, 15) is 0 Å². The molecule has 1 aromatic rings. The Morgan fingerprint density at radius 2 is 0.595 bits per heavy atom. The van der Waals surface area contributed by atoms with Gasteiger partial charge in [0.1, 0.15) is 11.5 Å². The maximum atomic E-state index is 6.14. The van der Waals surface area contributed by atoms with Crippen molar-refractivity contribution in [3.05, 3.63) is 23.8 Å². The summed E-state index contributed by atoms with van der Waals surface area (Å²) in [5, 5.41) is 0. The van der Waals surface area contributed by atoms with Gasteiger partial charge in [0.05, 0.1) is 13.2 Å². The maximum Gasteiger partial charge on any atom is 0.123 e. The van der Waals surface area contributed by atoms with Crippen molar-refractivity contribution in [1.29, 1.82) is 0 Å². The van der Waals surface area contributed by atoms with Crippen molar-refractivity contribution in [2.45, 2.75) is 207 Å². The van der Waals surface area contributed by atoms with Gasteiger partial charge in [0, 0.05) is 6.07 Å². The topological polar surface area (TPSA) is 18.5 Å². The van der Waals surface area contributed by atoms with Crippen LogP contribution < -0.4 is 9.47 Å². The van der Waals surface area contributed by atoms with Crippen molar-refractivity contribution in [2.24, 2.45) is 0 Å². The molecule has 0 radical (unpaired) electrons. The smallest absolute Gasteiger partial charge is 0.123 e. The van der Waals surface area contributed by atoms with Crippen molar-refractivity contribution in [1.82, 2.24) is 0 Å². The highest BCUT2D eigenvalue weighted by atomic mass is 16.5. The predicted molar refractivity (Wildman–Crippen MR) is 187 cm³/mol. The zero-order valence-corrected chi connectivity index (χ0v) is 29.0. The molecule has 0 fully saturated rings. The number of rotatable bonds is 33. The third-order valence-electron chi connectivity index (χ3n) is 8.88. The summed E-state index contributed by atoms with van der Waals surface area (Å²) >= 11 is 0. The molecule has 2 nitrogen and oxygen atoms in total. The molecule has 2 heteroatoms. The normalized spacial score (nSPS) is 11.3. The van der Waals surface area contributed by atoms with E-state index in [-0.39, 0.29) is 0 Å². The second kappa shape index (κ2) is 31.3. The van der Waals surface area contributed by atoms with Crippen LogP contribution in [0, 0.1) is 0 Å². The fourth-order valence-corrected chi connectivity index (χ4v) is 5.97. The van der Waals surface area contributed by atoms with Crippen molar-refractivity contribution < 1.29 is 9.47 Å². The van der Waals surface area contributed by atoms with E-state index < -0.39 is 0 Å². The van der Waals surface area contributed by atoms with Gasteiger partial charge in [0.2, 0.25) is 0 Å². The summed E-state index contributed by atoms with van der Waals surface area (Å²) in [5.74, 6) is 1.97. The zero-order chi connectivity index (χ0) is 30.2. The zero-order valence-electron chi connectivity index (χ0n) is 29.0. The molecule has 1 aromatic carbocycles. The molecule has 246 valence electrons. The molecule has 0 amide bonds. The van der Waals surface area contributed by atoms with Crippen LogP contribution in [-0.4, -0.2) is 13.2 Å². The van der Waals surface area contributed by atoms with E-state index in [1.807, 2.05) is 0 Å². The van der Waals surface area contributed by atoms with Gasteiger partial charge in [-0.2, -0.15) is 0 Å². The Kier molecular flexibility index (Phi) is 28.9. The van der Waals surface area contributed by atoms with Gasteiger partial charge in [-0.3, -0.25) is 0 Å². The third-order valence-corrected chi connectivity index (χ3v) is 8.88. The summed E-state index contributed by atoms with van der Waals surface area (Å²) in [4.78, 5) is 0. The first kappa shape index (κ1) is 38.8. The number of unbranched alkanes of at least 4 members (excludes halogenated alkanes) is 26. The fraction of sp³-hybridized carbons (Fsp3) is 0.850. The van der Waals surface area contributed by atoms with E-state index in [0.29, 0.717) is 0 Å². The van der Waals surface area contributed by atoms with Gasteiger partial charge >= 0.3 is 0 Å². The fourth-order valence-electron chi connectivity index (χ4n) is 5.97. The molecule has 0 saturated heterocycles. The maximum absolute atomic E-state index is 6.14. The molecule has 42 heavy (non-hydrogen) atoms. The van der Waals surface area contributed by atoms with Crippen LogP contribution in [-0.2, 0) is 6.42 Å². The van der Waals surface area contributed by atoms with Crippen molar-refractivity contribution in [2.75, 3.05) is 13.2 Å². The lowest BCUT2D eigenvalue weighted by atomic mass is 10.0. The molecule has 0 bridgehead atoms. The number of hydrogen-bond acceptors (Lipinski definition) is 2. The molecular formula is C40H74O2. The number of hydrogen-bond donors (Lipinski definition) is 0. The van der Waals surface area contributed by atoms with E-state index in [1.54, 1.807) is 0 Å². The first-order valence-corrected chi connectivity index (χ1v) is 19.2. The molecular weight excluding hydrogens is 512 g/mol. The van der Waals surface area contributed by atoms with E-state index in [2.05, 4.69) is 39.0 Å². The summed E-state index contributed by atoms with van der Waals surface area (Å²) in [7, 11) is 0. The Morgan fingerprint density at radius 3 is 0.857 bits per heavy atom. The lowest BCUT2D eigenvalue weighted by Crippen LogP contribution is -2.01. The van der Waals surface area contributed by atoms with Gasteiger partial charge in [-0.15, -0.1) is 0 Å². The monoisotopic (exact) mass is 587 g/mol. The standard InChI is InChI=1S/C40H74O2/c1-4-7-9-11-13-15-17-19-21-23-25-27-29-31-33-41-39-35-38(6-3)36-40(37-39)42-34-32-30-28-26-24-22-20-18-16-14-12-10-8-5-2/h35-37H,4-34H2,1-3H3. The van der Waals surface area contributed by atoms with Gasteiger partial charge in [-0.05, 0) is 37.0 Å². The minimum Gasteiger partial charge on any atom is -0.493 e. The molecule has 0 aromatic heterocycles. The highest BCUT2D eigenvalue weighted by Crippen LogP contribution is 2.24. The van der Waals surface area contributed by atoms with Gasteiger partial charge in [0.15, 0.2) is 0 Å². The van der Waals surface area contributed by atoms with Crippen LogP contribution in [0.15, 0.2) is 18.2 Å². The second-order valence-electron chi connectivity index (χ2n) is 13.1. The summed E-state index contributed by atoms with van der Waals surface area (Å²) in [6, 6.07) is 6.50. The molecule has 1 rings (SSSR count). The minimum absolute atomic E-state index is 0.823. The van der Waals surface area contributed by atoms with Crippen LogP contribution in [0.25, 0.3) is 0 Å². The minimum atomic E-state index is 0.823. The molecule has 0 spiro atoms. The summed E-state index contributed by atoms with van der Waals surface area (Å²) in [6.07, 6.45) is 40.0. The summed E-state index contributed by atoms with van der Waals surface area (Å²) < 4.78 is 12.3. The number of aryl methyl sites for hydroxylation is 1. The molecule has 0 heterocycles. The van der Waals surface area contributed by atoms with E-state index in [1.165, 1.54) is 173 Å². The Bertz CT molecular complexity index is 617. The summed E-state index contributed by atoms with van der Waals surface area (Å²) in [5.41, 5.74) is 1.31. The Hall–Kier alpha value is -1.18. The molecule has 0 aliphatic carbocycles. The van der Waals surface area contributed by atoms with Gasteiger partial charge < -0.3 is 9.47 Å². The van der Waals surface area contributed by atoms with Crippen molar-refractivity contribution in [3.8, 4) is 11.5 Å². The van der Waals surface area contributed by atoms with Crippen LogP contribution in [0.5, 0.6) is 11.5 Å². The van der Waals surface area contributed by atoms with E-state index in [4.69, 9.17) is 9.47 Å². The quantitative estimate of drug-likeness (QED) is 0.0763. The van der Waals surface area contributed by atoms with Crippen LogP contribution in [0.1, 0.15) is 206 Å². The summed E-state index contributed by atoms with van der Waals surface area (Å²) in [6.45, 7) is 8.45. The third kappa shape index (κ3) is 25.3. The van der Waals surface area contributed by atoms with Crippen LogP contribution in [0.3, 0.4) is 0 Å². The van der Waals surface area contributed by atoms with Gasteiger partial charge in [-0.1, -0.05) is 188 Å². The molecule has 0 saturated carbocycles. The SMILES string of the molecule is CCCCCCCCCCCCCCCCOc1cc(CC)cc(OCCCCCCCCCCCCCCCC)c1. The highest BCUT2D eigenvalue weighted by Gasteiger charge is 2.04. The Balaban J connectivity index is 1.99. The number of benzene rings is 1. The Labute approximate surface area is 264 Å². The lowest BCUT2D eigenvalue weighted by molar-refractivity contribution is 0.289. The van der Waals surface area contributed by atoms with Crippen molar-refractivity contribution in [3.63, 3.8) is 0 Å². The van der Waals surface area contributed by atoms with Gasteiger partial charge in [-0.25, -0.2) is 0 Å². The largest absolute Gasteiger partial charge is 0.493 e. The molecule has 0 N–H and O–H groups in total. The van der Waals surface area contributed by atoms with Gasteiger partial charge in [0.25, 0.3) is 0 Å². The lowest BCUT2D eigenvalue weighted by Gasteiger charge is -2.12. The average Bonchev–Trinajstić information content (AvgIpc) is 3.01. The first-order chi connectivity index (χ1) is 20.8. The number of ether oxygens (including phenoxy) is 2. The van der Waals surface area contributed by atoms with Crippen LogP contribution >= 0.6 is 0 Å². The van der Waals surface area contributed by atoms with Crippen LogP contribution in [0.2, 0.25) is 0 Å². The molecule has 0 unspecified atom stereocenters. The van der Waals surface area contributed by atoms with Crippen molar-refractivity contribution >= 4 is 0 Å². The molecule has 0 aliphatic heterocycles. The van der Waals surface area contributed by atoms with Crippen LogP contribution in [0.4, 0.5) is 0 Å². The Morgan fingerprint density at radius 1 is 0.333 bits per heavy atom. The molecule has 0 atom stereocenters. The molecule has 0 aliphatic rings. The first-order valence-electron chi connectivity index (χ1n) is 19.2.